The van der Waals surface area contributed by atoms with Crippen LogP contribution in [-0.2, 0) is 11.3 Å². The number of nitrogens with zero attached hydrogens (tertiary/aromatic N) is 2. The molecule has 134 valence electrons. The van der Waals surface area contributed by atoms with Crippen LogP contribution in [0.3, 0.4) is 0 Å². The molecule has 1 aromatic carbocycles. The Labute approximate surface area is 146 Å². The summed E-state index contributed by atoms with van der Waals surface area (Å²) in [5.41, 5.74) is 3.94. The van der Waals surface area contributed by atoms with Crippen molar-refractivity contribution in [3.63, 3.8) is 0 Å². The van der Waals surface area contributed by atoms with Crippen LogP contribution in [0.2, 0.25) is 0 Å². The predicted octanol–water partition coefficient (Wildman–Crippen LogP) is 2.08. The average molecular weight is 332 g/mol. The van der Waals surface area contributed by atoms with E-state index in [2.05, 4.69) is 52.6 Å². The number of rotatable bonds is 7. The van der Waals surface area contributed by atoms with Crippen molar-refractivity contribution in [2.75, 3.05) is 46.4 Å². The Balaban J connectivity index is 1.61. The highest BCUT2D eigenvalue weighted by molar-refractivity contribution is 5.79. The van der Waals surface area contributed by atoms with Gasteiger partial charge in [-0.15, -0.1) is 0 Å². The number of unbranched alkanes of at least 4 members (excludes halogenated alkanes) is 1. The molecule has 1 aliphatic rings. The standard InChI is InChI=1S/C19H32N4O/c1-16-6-7-18(17(2)14-16)15-22-19(20-3)21-8-4-5-9-23-10-12-24-13-11-23/h6-7,14H,4-5,8-13,15H2,1-3H3,(H2,20,21,22). The van der Waals surface area contributed by atoms with Gasteiger partial charge in [0.05, 0.1) is 13.2 Å². The number of guanidine groups is 1. The molecule has 2 rings (SSSR count). The molecule has 0 amide bonds. The second kappa shape index (κ2) is 10.3. The molecule has 1 aliphatic heterocycles. The van der Waals surface area contributed by atoms with Crippen LogP contribution in [-0.4, -0.2) is 57.3 Å². The Hall–Kier alpha value is -1.59. The minimum atomic E-state index is 0.805. The van der Waals surface area contributed by atoms with E-state index in [9.17, 15) is 0 Å². The van der Waals surface area contributed by atoms with E-state index in [-0.39, 0.29) is 0 Å². The lowest BCUT2D eigenvalue weighted by Gasteiger charge is -2.26. The molecule has 0 atom stereocenters. The first-order valence-corrected chi connectivity index (χ1v) is 9.00. The van der Waals surface area contributed by atoms with E-state index in [0.29, 0.717) is 0 Å². The lowest BCUT2D eigenvalue weighted by Crippen LogP contribution is -2.38. The fourth-order valence-corrected chi connectivity index (χ4v) is 2.94. The molecule has 0 aromatic heterocycles. The van der Waals surface area contributed by atoms with Crippen molar-refractivity contribution >= 4 is 5.96 Å². The largest absolute Gasteiger partial charge is 0.379 e. The molecule has 1 aromatic rings. The first-order valence-electron chi connectivity index (χ1n) is 9.00. The van der Waals surface area contributed by atoms with Crippen LogP contribution in [0.15, 0.2) is 23.2 Å². The second-order valence-electron chi connectivity index (χ2n) is 6.44. The third kappa shape index (κ3) is 6.49. The molecule has 1 saturated heterocycles. The van der Waals surface area contributed by atoms with E-state index in [0.717, 1.165) is 51.8 Å². The van der Waals surface area contributed by atoms with E-state index < -0.39 is 0 Å². The molecule has 0 unspecified atom stereocenters. The molecule has 1 heterocycles. The van der Waals surface area contributed by atoms with Gasteiger partial charge >= 0.3 is 0 Å². The zero-order chi connectivity index (χ0) is 17.2. The maximum absolute atomic E-state index is 5.37. The molecule has 0 aliphatic carbocycles. The topological polar surface area (TPSA) is 48.9 Å². The Kier molecular flexibility index (Phi) is 8.05. The summed E-state index contributed by atoms with van der Waals surface area (Å²) in [6.07, 6.45) is 2.36. The number of nitrogens with one attached hydrogen (secondary N) is 2. The average Bonchev–Trinajstić information content (AvgIpc) is 2.59. The molecular formula is C19H32N4O. The predicted molar refractivity (Wildman–Crippen MR) is 101 cm³/mol. The maximum Gasteiger partial charge on any atom is 0.191 e. The molecule has 0 bridgehead atoms. The van der Waals surface area contributed by atoms with Crippen molar-refractivity contribution in [2.24, 2.45) is 4.99 Å². The van der Waals surface area contributed by atoms with Gasteiger partial charge in [0.1, 0.15) is 0 Å². The van der Waals surface area contributed by atoms with Crippen LogP contribution in [0, 0.1) is 13.8 Å². The smallest absolute Gasteiger partial charge is 0.191 e. The maximum atomic E-state index is 5.37. The fraction of sp³-hybridized carbons (Fsp3) is 0.632. The molecule has 24 heavy (non-hydrogen) atoms. The van der Waals surface area contributed by atoms with Crippen molar-refractivity contribution in [3.05, 3.63) is 34.9 Å². The minimum absolute atomic E-state index is 0.805. The molecule has 5 nitrogen and oxygen atoms in total. The van der Waals surface area contributed by atoms with Gasteiger partial charge in [0.25, 0.3) is 0 Å². The molecule has 1 fully saturated rings. The number of hydrogen-bond acceptors (Lipinski definition) is 3. The highest BCUT2D eigenvalue weighted by Crippen LogP contribution is 2.09. The number of morpholine rings is 1. The van der Waals surface area contributed by atoms with Crippen LogP contribution in [0.4, 0.5) is 0 Å². The highest BCUT2D eigenvalue weighted by Gasteiger charge is 2.09. The van der Waals surface area contributed by atoms with Gasteiger partial charge in [-0.2, -0.15) is 0 Å². The lowest BCUT2D eigenvalue weighted by atomic mass is 10.1. The fourth-order valence-electron chi connectivity index (χ4n) is 2.94. The summed E-state index contributed by atoms with van der Waals surface area (Å²) < 4.78 is 5.37. The van der Waals surface area contributed by atoms with Gasteiger partial charge in [0.15, 0.2) is 5.96 Å². The summed E-state index contributed by atoms with van der Waals surface area (Å²) in [6, 6.07) is 6.57. The summed E-state index contributed by atoms with van der Waals surface area (Å²) in [5.74, 6) is 0.876. The number of ether oxygens (including phenoxy) is 1. The molecule has 5 heteroatoms. The zero-order valence-corrected chi connectivity index (χ0v) is 15.4. The Morgan fingerprint density at radius 3 is 2.67 bits per heavy atom. The SMILES string of the molecule is CN=C(NCCCCN1CCOCC1)NCc1ccc(C)cc1C. The molecular weight excluding hydrogens is 300 g/mol. The normalized spacial score (nSPS) is 16.2. The van der Waals surface area contributed by atoms with Gasteiger partial charge in [0.2, 0.25) is 0 Å². The monoisotopic (exact) mass is 332 g/mol. The van der Waals surface area contributed by atoms with Crippen molar-refractivity contribution < 1.29 is 4.74 Å². The third-order valence-electron chi connectivity index (χ3n) is 4.47. The number of aliphatic imine (C=N–C) groups is 1. The van der Waals surface area contributed by atoms with Crippen LogP contribution in [0.5, 0.6) is 0 Å². The van der Waals surface area contributed by atoms with Gasteiger partial charge in [-0.1, -0.05) is 23.8 Å². The van der Waals surface area contributed by atoms with Crippen LogP contribution in [0.25, 0.3) is 0 Å². The van der Waals surface area contributed by atoms with Gasteiger partial charge in [-0.25, -0.2) is 0 Å². The zero-order valence-electron chi connectivity index (χ0n) is 15.4. The number of hydrogen-bond donors (Lipinski definition) is 2. The summed E-state index contributed by atoms with van der Waals surface area (Å²) in [7, 11) is 1.82. The number of benzene rings is 1. The van der Waals surface area contributed by atoms with Gasteiger partial charge < -0.3 is 15.4 Å². The summed E-state index contributed by atoms with van der Waals surface area (Å²) in [4.78, 5) is 6.79. The molecule has 0 spiro atoms. The quantitative estimate of drug-likeness (QED) is 0.456. The Morgan fingerprint density at radius 2 is 1.96 bits per heavy atom. The van der Waals surface area contributed by atoms with Crippen molar-refractivity contribution in [2.45, 2.75) is 33.2 Å². The second-order valence-corrected chi connectivity index (χ2v) is 6.44. The van der Waals surface area contributed by atoms with Crippen molar-refractivity contribution in [1.82, 2.24) is 15.5 Å². The van der Waals surface area contributed by atoms with E-state index >= 15 is 0 Å². The first kappa shape index (κ1) is 18.7. The summed E-state index contributed by atoms with van der Waals surface area (Å²) >= 11 is 0. The van der Waals surface area contributed by atoms with Gasteiger partial charge in [-0.3, -0.25) is 9.89 Å². The third-order valence-corrected chi connectivity index (χ3v) is 4.47. The minimum Gasteiger partial charge on any atom is -0.379 e. The van der Waals surface area contributed by atoms with Crippen molar-refractivity contribution in [3.8, 4) is 0 Å². The van der Waals surface area contributed by atoms with E-state index in [1.807, 2.05) is 7.05 Å². The van der Waals surface area contributed by atoms with Crippen molar-refractivity contribution in [1.29, 1.82) is 0 Å². The van der Waals surface area contributed by atoms with Crippen LogP contribution < -0.4 is 10.6 Å². The Bertz CT molecular complexity index is 524. The molecule has 0 radical (unpaired) electrons. The summed E-state index contributed by atoms with van der Waals surface area (Å²) in [6.45, 7) is 11.1. The molecule has 0 saturated carbocycles. The Morgan fingerprint density at radius 1 is 1.17 bits per heavy atom. The van der Waals surface area contributed by atoms with Gasteiger partial charge in [-0.05, 0) is 44.4 Å². The lowest BCUT2D eigenvalue weighted by molar-refractivity contribution is 0.0372. The summed E-state index contributed by atoms with van der Waals surface area (Å²) in [5, 5.41) is 6.80. The van der Waals surface area contributed by atoms with E-state index in [4.69, 9.17) is 4.74 Å². The van der Waals surface area contributed by atoms with E-state index in [1.54, 1.807) is 0 Å². The van der Waals surface area contributed by atoms with E-state index in [1.165, 1.54) is 29.7 Å². The number of aryl methyl sites for hydroxylation is 2. The molecule has 2 N–H and O–H groups in total. The first-order chi connectivity index (χ1) is 11.7. The highest BCUT2D eigenvalue weighted by atomic mass is 16.5. The van der Waals surface area contributed by atoms with Crippen LogP contribution in [0.1, 0.15) is 29.5 Å². The van der Waals surface area contributed by atoms with Crippen LogP contribution >= 0.6 is 0 Å². The van der Waals surface area contributed by atoms with Gasteiger partial charge in [0, 0.05) is 33.2 Å².